The molecule has 0 amide bonds. The van der Waals surface area contributed by atoms with Gasteiger partial charge in [-0.2, -0.15) is 0 Å². The second-order valence-electron chi connectivity index (χ2n) is 8.98. The van der Waals surface area contributed by atoms with E-state index in [9.17, 15) is 19.8 Å². The third kappa shape index (κ3) is 5.87. The molecule has 0 saturated heterocycles. The molecule has 0 unspecified atom stereocenters. The van der Waals surface area contributed by atoms with E-state index in [0.717, 1.165) is 43.7 Å². The molecular formula is C25H30ClN3O5. The number of hydrogen-bond acceptors (Lipinski definition) is 7. The van der Waals surface area contributed by atoms with Crippen LogP contribution in [-0.2, 0) is 22.5 Å². The first-order valence-corrected chi connectivity index (χ1v) is 12.1. The minimum atomic E-state index is -1.13. The summed E-state index contributed by atoms with van der Waals surface area (Å²) in [4.78, 5) is 34.9. The van der Waals surface area contributed by atoms with E-state index in [2.05, 4.69) is 17.4 Å². The van der Waals surface area contributed by atoms with Crippen LogP contribution in [0.3, 0.4) is 0 Å². The second-order valence-corrected chi connectivity index (χ2v) is 9.42. The Morgan fingerprint density at radius 2 is 1.97 bits per heavy atom. The number of hydrogen-bond donors (Lipinski definition) is 3. The summed E-state index contributed by atoms with van der Waals surface area (Å²) < 4.78 is 0. The van der Waals surface area contributed by atoms with E-state index >= 15 is 0 Å². The second kappa shape index (κ2) is 11.2. The van der Waals surface area contributed by atoms with Crippen molar-refractivity contribution in [2.45, 2.75) is 57.0 Å². The van der Waals surface area contributed by atoms with E-state index < -0.39 is 18.0 Å². The molecule has 3 N–H and O–H groups in total. The molecule has 182 valence electrons. The number of aliphatic hydroxyl groups excluding tert-OH is 1. The molecule has 4 rings (SSSR count). The molecular weight excluding hydrogens is 458 g/mol. The molecule has 1 atom stereocenters. The molecule has 1 aromatic heterocycles. The van der Waals surface area contributed by atoms with Crippen LogP contribution in [0.1, 0.15) is 53.7 Å². The molecule has 2 heterocycles. The molecule has 1 fully saturated rings. The van der Waals surface area contributed by atoms with Crippen LogP contribution in [0.15, 0.2) is 36.4 Å². The molecule has 8 nitrogen and oxygen atoms in total. The SMILES string of the molecule is O=C(ON(C1CC(CCc2ccc3c(n2)NCCC3)C1)[C@@H](CCO)C(=O)O)c1ccc(Cl)cc1. The molecule has 1 aliphatic carbocycles. The molecule has 0 bridgehead atoms. The number of rotatable bonds is 10. The van der Waals surface area contributed by atoms with Gasteiger partial charge in [0, 0.05) is 29.9 Å². The molecule has 2 aromatic rings. The zero-order valence-corrected chi connectivity index (χ0v) is 19.7. The van der Waals surface area contributed by atoms with Crippen LogP contribution in [0, 0.1) is 5.92 Å². The highest BCUT2D eigenvalue weighted by atomic mass is 35.5. The summed E-state index contributed by atoms with van der Waals surface area (Å²) in [5.74, 6) is -0.401. The zero-order valence-electron chi connectivity index (χ0n) is 19.0. The van der Waals surface area contributed by atoms with Crippen molar-refractivity contribution in [3.63, 3.8) is 0 Å². The van der Waals surface area contributed by atoms with Crippen LogP contribution >= 0.6 is 11.6 Å². The number of fused-ring (bicyclic) bond motifs is 1. The first-order valence-electron chi connectivity index (χ1n) is 11.8. The number of anilines is 1. The number of aliphatic carboxylic acids is 1. The zero-order chi connectivity index (χ0) is 24.1. The van der Waals surface area contributed by atoms with E-state index in [1.54, 1.807) is 12.1 Å². The molecule has 34 heavy (non-hydrogen) atoms. The summed E-state index contributed by atoms with van der Waals surface area (Å²) in [6.45, 7) is 0.636. The summed E-state index contributed by atoms with van der Waals surface area (Å²) >= 11 is 5.89. The van der Waals surface area contributed by atoms with Gasteiger partial charge in [-0.1, -0.05) is 17.7 Å². The third-order valence-electron chi connectivity index (χ3n) is 6.59. The number of aliphatic hydroxyl groups is 1. The minimum absolute atomic E-state index is 0.0313. The number of carbonyl (C=O) groups is 2. The number of nitrogens with one attached hydrogen (secondary N) is 1. The lowest BCUT2D eigenvalue weighted by atomic mass is 9.76. The highest BCUT2D eigenvalue weighted by Crippen LogP contribution is 2.37. The molecule has 2 aliphatic rings. The van der Waals surface area contributed by atoms with Crippen molar-refractivity contribution in [1.82, 2.24) is 10.0 Å². The third-order valence-corrected chi connectivity index (χ3v) is 6.85. The largest absolute Gasteiger partial charge is 0.480 e. The van der Waals surface area contributed by atoms with Crippen LogP contribution in [0.2, 0.25) is 5.02 Å². The number of carboxylic acids is 1. The van der Waals surface area contributed by atoms with Gasteiger partial charge >= 0.3 is 11.9 Å². The Morgan fingerprint density at radius 1 is 1.21 bits per heavy atom. The maximum absolute atomic E-state index is 12.7. The number of benzene rings is 1. The van der Waals surface area contributed by atoms with Gasteiger partial charge < -0.3 is 20.4 Å². The summed E-state index contributed by atoms with van der Waals surface area (Å²) in [6, 6.07) is 9.14. The van der Waals surface area contributed by atoms with Crippen molar-refractivity contribution < 1.29 is 24.6 Å². The van der Waals surface area contributed by atoms with Gasteiger partial charge in [0.15, 0.2) is 0 Å². The van der Waals surface area contributed by atoms with Gasteiger partial charge in [0.2, 0.25) is 0 Å². The average molecular weight is 488 g/mol. The Morgan fingerprint density at radius 3 is 2.68 bits per heavy atom. The van der Waals surface area contributed by atoms with Crippen molar-refractivity contribution in [2.75, 3.05) is 18.5 Å². The van der Waals surface area contributed by atoms with Gasteiger partial charge in [-0.15, -0.1) is 5.06 Å². The van der Waals surface area contributed by atoms with Crippen LogP contribution in [0.25, 0.3) is 0 Å². The number of aromatic nitrogens is 1. The van der Waals surface area contributed by atoms with Gasteiger partial charge in [-0.05, 0) is 86.8 Å². The lowest BCUT2D eigenvalue weighted by molar-refractivity contribution is -0.204. The fourth-order valence-electron chi connectivity index (χ4n) is 4.61. The van der Waals surface area contributed by atoms with E-state index in [4.69, 9.17) is 21.4 Å². The van der Waals surface area contributed by atoms with Crippen molar-refractivity contribution in [3.8, 4) is 0 Å². The number of hydroxylamine groups is 2. The van der Waals surface area contributed by atoms with Gasteiger partial charge in [0.25, 0.3) is 0 Å². The fraction of sp³-hybridized carbons (Fsp3) is 0.480. The Labute approximate surface area is 203 Å². The molecule has 1 aliphatic heterocycles. The normalized spacial score (nSPS) is 20.1. The van der Waals surface area contributed by atoms with Crippen molar-refractivity contribution in [1.29, 1.82) is 0 Å². The molecule has 9 heteroatoms. The monoisotopic (exact) mass is 487 g/mol. The van der Waals surface area contributed by atoms with Crippen molar-refractivity contribution >= 4 is 29.4 Å². The summed E-state index contributed by atoms with van der Waals surface area (Å²) in [5.41, 5.74) is 2.59. The standard InChI is InChI=1S/C25H30ClN3O5/c26-19-7-4-18(5-8-19)25(33)34-29(22(11-13-30)24(31)32)21-14-16(15-21)3-9-20-10-6-17-2-1-12-27-23(17)28-20/h4-8,10,16,21-22,30H,1-3,9,11-15H2,(H,27,28)(H,31,32)/t16?,21?,22-/m0/s1. The van der Waals surface area contributed by atoms with E-state index in [0.29, 0.717) is 23.8 Å². The first kappa shape index (κ1) is 24.4. The lowest BCUT2D eigenvalue weighted by Crippen LogP contribution is -2.53. The smallest absolute Gasteiger partial charge is 0.357 e. The fourth-order valence-corrected chi connectivity index (χ4v) is 4.74. The van der Waals surface area contributed by atoms with Crippen LogP contribution < -0.4 is 5.32 Å². The van der Waals surface area contributed by atoms with E-state index in [1.807, 2.05) is 0 Å². The summed E-state index contributed by atoms with van der Waals surface area (Å²) in [5, 5.41) is 24.2. The van der Waals surface area contributed by atoms with Gasteiger partial charge in [0.1, 0.15) is 11.9 Å². The van der Waals surface area contributed by atoms with E-state index in [-0.39, 0.29) is 24.6 Å². The van der Waals surface area contributed by atoms with E-state index in [1.165, 1.54) is 22.8 Å². The molecule has 1 saturated carbocycles. The van der Waals surface area contributed by atoms with Crippen molar-refractivity contribution in [3.05, 3.63) is 58.2 Å². The quantitative estimate of drug-likeness (QED) is 0.435. The Kier molecular flexibility index (Phi) is 8.03. The topological polar surface area (TPSA) is 112 Å². The average Bonchev–Trinajstić information content (AvgIpc) is 2.81. The number of carboxylic acid groups (broad SMARTS) is 1. The Balaban J connectivity index is 1.37. The summed E-state index contributed by atoms with van der Waals surface area (Å²) in [6.07, 6.45) is 5.36. The Hall–Kier alpha value is -2.68. The lowest BCUT2D eigenvalue weighted by Gasteiger charge is -2.43. The summed E-state index contributed by atoms with van der Waals surface area (Å²) in [7, 11) is 0. The van der Waals surface area contributed by atoms with Gasteiger partial charge in [-0.25, -0.2) is 9.78 Å². The molecule has 0 radical (unpaired) electrons. The van der Waals surface area contributed by atoms with Crippen LogP contribution in [0.5, 0.6) is 0 Å². The number of pyridine rings is 1. The predicted octanol–water partition coefficient (Wildman–Crippen LogP) is 3.71. The minimum Gasteiger partial charge on any atom is -0.480 e. The maximum Gasteiger partial charge on any atom is 0.357 e. The number of aryl methyl sites for hydroxylation is 2. The van der Waals surface area contributed by atoms with Crippen LogP contribution in [0.4, 0.5) is 5.82 Å². The maximum atomic E-state index is 12.7. The number of carbonyl (C=O) groups excluding carboxylic acids is 1. The number of halogens is 1. The number of nitrogens with zero attached hydrogens (tertiary/aromatic N) is 2. The van der Waals surface area contributed by atoms with Gasteiger partial charge in [-0.3, -0.25) is 4.79 Å². The Bertz CT molecular complexity index is 1010. The highest BCUT2D eigenvalue weighted by molar-refractivity contribution is 6.30. The van der Waals surface area contributed by atoms with Crippen LogP contribution in [-0.4, -0.2) is 57.4 Å². The first-order chi connectivity index (χ1) is 16.4. The van der Waals surface area contributed by atoms with Crippen molar-refractivity contribution in [2.24, 2.45) is 5.92 Å². The predicted molar refractivity (Wildman–Crippen MR) is 128 cm³/mol. The molecule has 1 aromatic carbocycles. The molecule has 0 spiro atoms. The van der Waals surface area contributed by atoms with Gasteiger partial charge in [0.05, 0.1) is 5.56 Å². The highest BCUT2D eigenvalue weighted by Gasteiger charge is 2.41.